The lowest BCUT2D eigenvalue weighted by Crippen LogP contribution is -2.23. The summed E-state index contributed by atoms with van der Waals surface area (Å²) >= 11 is 11.9. The molecule has 3 nitrogen and oxygen atoms in total. The lowest BCUT2D eigenvalue weighted by molar-refractivity contribution is 0.710. The van der Waals surface area contributed by atoms with Crippen molar-refractivity contribution in [1.29, 1.82) is 0 Å². The Morgan fingerprint density at radius 3 is 2.63 bits per heavy atom. The van der Waals surface area contributed by atoms with Crippen molar-refractivity contribution in [3.8, 4) is 0 Å². The molecule has 1 atom stereocenters. The highest BCUT2D eigenvalue weighted by atomic mass is 35.5. The average Bonchev–Trinajstić information content (AvgIpc) is 2.89. The molecule has 1 fully saturated rings. The molecule has 0 radical (unpaired) electrons. The molecule has 0 spiro atoms. The van der Waals surface area contributed by atoms with E-state index in [9.17, 15) is 0 Å². The molecule has 19 heavy (non-hydrogen) atoms. The van der Waals surface area contributed by atoms with Crippen molar-refractivity contribution in [1.82, 2.24) is 9.97 Å². The van der Waals surface area contributed by atoms with Gasteiger partial charge in [0, 0.05) is 11.6 Å². The van der Waals surface area contributed by atoms with Gasteiger partial charge in [0.2, 0.25) is 0 Å². The van der Waals surface area contributed by atoms with Gasteiger partial charge in [-0.15, -0.1) is 0 Å². The Morgan fingerprint density at radius 1 is 1.11 bits per heavy atom. The maximum Gasteiger partial charge on any atom is 0.149 e. The van der Waals surface area contributed by atoms with Crippen molar-refractivity contribution >= 4 is 29.0 Å². The SMILES string of the molecule is Clc1ccc(C2CCCN2c2cncc(Cl)n2)cc1. The zero-order valence-electron chi connectivity index (χ0n) is 10.3. The number of halogens is 2. The highest BCUT2D eigenvalue weighted by Crippen LogP contribution is 2.35. The van der Waals surface area contributed by atoms with E-state index in [4.69, 9.17) is 23.2 Å². The number of nitrogens with zero attached hydrogens (tertiary/aromatic N) is 3. The van der Waals surface area contributed by atoms with Gasteiger partial charge in [0.1, 0.15) is 11.0 Å². The van der Waals surface area contributed by atoms with Crippen LogP contribution in [0.2, 0.25) is 10.2 Å². The predicted molar refractivity (Wildman–Crippen MR) is 77.8 cm³/mol. The molecule has 0 amide bonds. The molecule has 0 bridgehead atoms. The summed E-state index contributed by atoms with van der Waals surface area (Å²) < 4.78 is 0. The Hall–Kier alpha value is -1.32. The summed E-state index contributed by atoms with van der Waals surface area (Å²) in [6.45, 7) is 0.975. The second kappa shape index (κ2) is 5.35. The van der Waals surface area contributed by atoms with Gasteiger partial charge in [0.05, 0.1) is 18.4 Å². The zero-order valence-corrected chi connectivity index (χ0v) is 11.8. The zero-order chi connectivity index (χ0) is 13.2. The number of aromatic nitrogens is 2. The molecule has 1 unspecified atom stereocenters. The van der Waals surface area contributed by atoms with Crippen LogP contribution in [0.25, 0.3) is 0 Å². The van der Waals surface area contributed by atoms with E-state index < -0.39 is 0 Å². The van der Waals surface area contributed by atoms with Crippen LogP contribution in [0.4, 0.5) is 5.82 Å². The Bertz CT molecular complexity index is 571. The summed E-state index contributed by atoms with van der Waals surface area (Å²) in [7, 11) is 0. The second-order valence-electron chi connectivity index (χ2n) is 4.60. The molecular weight excluding hydrogens is 281 g/mol. The molecule has 3 rings (SSSR count). The van der Waals surface area contributed by atoms with E-state index in [1.54, 1.807) is 12.4 Å². The topological polar surface area (TPSA) is 29.0 Å². The number of anilines is 1. The third kappa shape index (κ3) is 2.67. The largest absolute Gasteiger partial charge is 0.348 e. The van der Waals surface area contributed by atoms with Crippen LogP contribution in [-0.2, 0) is 0 Å². The fourth-order valence-corrected chi connectivity index (χ4v) is 2.81. The summed E-state index contributed by atoms with van der Waals surface area (Å²) in [4.78, 5) is 10.7. The molecule has 1 aromatic carbocycles. The van der Waals surface area contributed by atoms with Crippen molar-refractivity contribution in [2.24, 2.45) is 0 Å². The number of benzene rings is 1. The summed E-state index contributed by atoms with van der Waals surface area (Å²) in [5.41, 5.74) is 1.25. The van der Waals surface area contributed by atoms with Gasteiger partial charge in [0.25, 0.3) is 0 Å². The minimum atomic E-state index is 0.324. The Labute approximate surface area is 122 Å². The summed E-state index contributed by atoms with van der Waals surface area (Å²) in [5, 5.41) is 1.19. The normalized spacial score (nSPS) is 18.8. The maximum atomic E-state index is 5.94. The Kier molecular flexibility index (Phi) is 3.58. The Balaban J connectivity index is 1.91. The average molecular weight is 294 g/mol. The van der Waals surface area contributed by atoms with Gasteiger partial charge < -0.3 is 4.90 Å². The van der Waals surface area contributed by atoms with E-state index in [0.717, 1.165) is 30.2 Å². The first-order valence-electron chi connectivity index (χ1n) is 6.24. The maximum absolute atomic E-state index is 5.94. The fourth-order valence-electron chi connectivity index (χ4n) is 2.54. The van der Waals surface area contributed by atoms with Gasteiger partial charge in [-0.1, -0.05) is 35.3 Å². The summed E-state index contributed by atoms with van der Waals surface area (Å²) in [6.07, 6.45) is 5.57. The molecule has 0 N–H and O–H groups in total. The van der Waals surface area contributed by atoms with E-state index in [1.165, 1.54) is 5.56 Å². The van der Waals surface area contributed by atoms with Gasteiger partial charge in [-0.05, 0) is 30.5 Å². The van der Waals surface area contributed by atoms with Crippen molar-refractivity contribution < 1.29 is 0 Å². The van der Waals surface area contributed by atoms with Gasteiger partial charge in [-0.3, -0.25) is 4.98 Å². The van der Waals surface area contributed by atoms with Gasteiger partial charge >= 0.3 is 0 Å². The molecule has 1 aliphatic heterocycles. The van der Waals surface area contributed by atoms with Crippen molar-refractivity contribution in [2.45, 2.75) is 18.9 Å². The Morgan fingerprint density at radius 2 is 1.89 bits per heavy atom. The van der Waals surface area contributed by atoms with E-state index in [0.29, 0.717) is 11.2 Å². The highest BCUT2D eigenvalue weighted by molar-refractivity contribution is 6.30. The summed E-state index contributed by atoms with van der Waals surface area (Å²) in [5.74, 6) is 0.838. The van der Waals surface area contributed by atoms with Crippen molar-refractivity contribution in [3.63, 3.8) is 0 Å². The molecule has 1 aromatic heterocycles. The number of rotatable bonds is 2. The van der Waals surface area contributed by atoms with E-state index >= 15 is 0 Å². The fraction of sp³-hybridized carbons (Fsp3) is 0.286. The first-order chi connectivity index (χ1) is 9.24. The van der Waals surface area contributed by atoms with Crippen molar-refractivity contribution in [2.75, 3.05) is 11.4 Å². The van der Waals surface area contributed by atoms with Crippen molar-refractivity contribution in [3.05, 3.63) is 52.4 Å². The molecule has 1 aliphatic rings. The standard InChI is InChI=1S/C14H13Cl2N3/c15-11-5-3-10(4-6-11)12-2-1-7-19(12)14-9-17-8-13(16)18-14/h3-6,8-9,12H,1-2,7H2. The van der Waals surface area contributed by atoms with E-state index in [-0.39, 0.29) is 0 Å². The molecule has 1 saturated heterocycles. The minimum Gasteiger partial charge on any atom is -0.348 e. The third-order valence-electron chi connectivity index (χ3n) is 3.39. The van der Waals surface area contributed by atoms with E-state index in [1.807, 2.05) is 12.1 Å². The van der Waals surface area contributed by atoms with Gasteiger partial charge in [-0.2, -0.15) is 0 Å². The molecular formula is C14H13Cl2N3. The molecule has 0 aliphatic carbocycles. The van der Waals surface area contributed by atoms with Crippen LogP contribution in [0, 0.1) is 0 Å². The van der Waals surface area contributed by atoms with Gasteiger partial charge in [-0.25, -0.2) is 4.98 Å². The monoisotopic (exact) mass is 293 g/mol. The highest BCUT2D eigenvalue weighted by Gasteiger charge is 2.27. The predicted octanol–water partition coefficient (Wildman–Crippen LogP) is 4.12. The molecule has 2 aromatic rings. The smallest absolute Gasteiger partial charge is 0.149 e. The van der Waals surface area contributed by atoms with Crippen LogP contribution >= 0.6 is 23.2 Å². The first kappa shape index (κ1) is 12.7. The second-order valence-corrected chi connectivity index (χ2v) is 5.43. The molecule has 2 heterocycles. The number of hydrogen-bond donors (Lipinski definition) is 0. The quantitative estimate of drug-likeness (QED) is 0.834. The lowest BCUT2D eigenvalue weighted by Gasteiger charge is -2.25. The minimum absolute atomic E-state index is 0.324. The van der Waals surface area contributed by atoms with Crippen LogP contribution in [0.1, 0.15) is 24.4 Å². The van der Waals surface area contributed by atoms with Crippen LogP contribution in [0.15, 0.2) is 36.7 Å². The molecule has 5 heteroatoms. The third-order valence-corrected chi connectivity index (χ3v) is 3.83. The van der Waals surface area contributed by atoms with Gasteiger partial charge in [0.15, 0.2) is 0 Å². The van der Waals surface area contributed by atoms with E-state index in [2.05, 4.69) is 27.0 Å². The lowest BCUT2D eigenvalue weighted by atomic mass is 10.0. The first-order valence-corrected chi connectivity index (χ1v) is 6.99. The summed E-state index contributed by atoms with van der Waals surface area (Å²) in [6, 6.07) is 8.32. The van der Waals surface area contributed by atoms with Crippen LogP contribution in [0.5, 0.6) is 0 Å². The van der Waals surface area contributed by atoms with Crippen LogP contribution in [0.3, 0.4) is 0 Å². The number of hydrogen-bond acceptors (Lipinski definition) is 3. The molecule has 98 valence electrons. The molecule has 0 saturated carbocycles. The van der Waals surface area contributed by atoms with Crippen LogP contribution < -0.4 is 4.90 Å². The van der Waals surface area contributed by atoms with Crippen LogP contribution in [-0.4, -0.2) is 16.5 Å².